The summed E-state index contributed by atoms with van der Waals surface area (Å²) in [5, 5.41) is 0. The lowest BCUT2D eigenvalue weighted by atomic mass is 9.75. The van der Waals surface area contributed by atoms with Crippen molar-refractivity contribution in [1.29, 1.82) is 0 Å². The number of esters is 4. The summed E-state index contributed by atoms with van der Waals surface area (Å²) in [6.45, 7) is 0. The van der Waals surface area contributed by atoms with Crippen LogP contribution in [-0.2, 0) is 33.4 Å². The summed E-state index contributed by atoms with van der Waals surface area (Å²) in [5.74, 6) is -0.691. The summed E-state index contributed by atoms with van der Waals surface area (Å²) in [5.41, 5.74) is -1.15. The fraction of sp³-hybridized carbons (Fsp3) is 0.579. The van der Waals surface area contributed by atoms with E-state index in [0.717, 1.165) is 12.8 Å². The Morgan fingerprint density at radius 3 is 1.92 bits per heavy atom. The van der Waals surface area contributed by atoms with Crippen LogP contribution in [0.2, 0.25) is 0 Å². The molecule has 6 rings (SSSR count). The summed E-state index contributed by atoms with van der Waals surface area (Å²) in [7, 11) is 0. The van der Waals surface area contributed by atoms with Crippen LogP contribution >= 0.6 is 0 Å². The Labute approximate surface area is 149 Å². The van der Waals surface area contributed by atoms with Crippen LogP contribution in [-0.4, -0.2) is 36.1 Å². The molecule has 3 saturated heterocycles. The van der Waals surface area contributed by atoms with E-state index in [9.17, 15) is 19.2 Å². The minimum Gasteiger partial charge on any atom is -0.393 e. The number of fused-ring (bicyclic) bond motifs is 6. The molecule has 6 aliphatic rings. The summed E-state index contributed by atoms with van der Waals surface area (Å²) >= 11 is 0. The second-order valence-corrected chi connectivity index (χ2v) is 8.06. The van der Waals surface area contributed by atoms with Gasteiger partial charge in [-0.2, -0.15) is 0 Å². The first-order valence-electron chi connectivity index (χ1n) is 8.94. The number of cyclic esters (lactones) is 4. The fourth-order valence-electron chi connectivity index (χ4n) is 5.32. The van der Waals surface area contributed by atoms with Crippen molar-refractivity contribution in [1.82, 2.24) is 0 Å². The number of allylic oxidation sites excluding steroid dienone is 2. The van der Waals surface area contributed by atoms with Crippen LogP contribution in [0.25, 0.3) is 0 Å². The van der Waals surface area contributed by atoms with Gasteiger partial charge in [0, 0.05) is 0 Å². The molecular weight excluding hydrogens is 340 g/mol. The minimum absolute atomic E-state index is 0.00319. The van der Waals surface area contributed by atoms with Crippen molar-refractivity contribution in [2.45, 2.75) is 44.3 Å². The number of rotatable bonds is 0. The Kier molecular flexibility index (Phi) is 3.14. The fourth-order valence-corrected chi connectivity index (χ4v) is 5.32. The topological polar surface area (TPSA) is 96.0 Å². The van der Waals surface area contributed by atoms with Gasteiger partial charge < -0.3 is 14.2 Å². The van der Waals surface area contributed by atoms with Gasteiger partial charge in [0.25, 0.3) is 0 Å². The first kappa shape index (κ1) is 15.9. The van der Waals surface area contributed by atoms with Gasteiger partial charge in [-0.05, 0) is 31.1 Å². The second-order valence-electron chi connectivity index (χ2n) is 8.06. The number of hydrogen-bond acceptors (Lipinski definition) is 7. The number of hydrogen-bond donors (Lipinski definition) is 0. The van der Waals surface area contributed by atoms with E-state index in [4.69, 9.17) is 4.74 Å². The first-order valence-corrected chi connectivity index (χ1v) is 8.94. The molecule has 0 radical (unpaired) electrons. The van der Waals surface area contributed by atoms with Crippen LogP contribution in [0.4, 0.5) is 0 Å². The smallest absolute Gasteiger partial charge is 0.323 e. The van der Waals surface area contributed by atoms with Gasteiger partial charge >= 0.3 is 23.9 Å². The molecular formula is C19H18O7. The average Bonchev–Trinajstić information content (AvgIpc) is 3.38. The summed E-state index contributed by atoms with van der Waals surface area (Å²) in [4.78, 5) is 45.0. The molecule has 6 unspecified atom stereocenters. The summed E-state index contributed by atoms with van der Waals surface area (Å²) in [6.07, 6.45) is 10.7. The molecule has 0 aromatic rings. The van der Waals surface area contributed by atoms with Crippen molar-refractivity contribution in [2.75, 3.05) is 0 Å². The lowest BCUT2D eigenvalue weighted by Gasteiger charge is -2.24. The largest absolute Gasteiger partial charge is 0.393 e. The van der Waals surface area contributed by atoms with Crippen molar-refractivity contribution >= 4 is 23.9 Å². The Morgan fingerprint density at radius 2 is 1.50 bits per heavy atom. The highest BCUT2D eigenvalue weighted by Gasteiger charge is 2.61. The monoisotopic (exact) mass is 358 g/mol. The molecule has 2 spiro atoms. The molecule has 4 aliphatic heterocycles. The molecule has 7 nitrogen and oxygen atoms in total. The predicted octanol–water partition coefficient (Wildman–Crippen LogP) is 1.22. The summed E-state index contributed by atoms with van der Waals surface area (Å²) in [6, 6.07) is 0. The van der Waals surface area contributed by atoms with Crippen molar-refractivity contribution in [3.05, 3.63) is 24.3 Å². The molecule has 0 aromatic carbocycles. The highest BCUT2D eigenvalue weighted by molar-refractivity contribution is 5.99. The van der Waals surface area contributed by atoms with Crippen LogP contribution < -0.4 is 0 Å². The van der Waals surface area contributed by atoms with Gasteiger partial charge in [0.15, 0.2) is 0 Å². The predicted molar refractivity (Wildman–Crippen MR) is 84.1 cm³/mol. The van der Waals surface area contributed by atoms with E-state index in [2.05, 4.69) is 21.6 Å². The maximum absolute atomic E-state index is 11.5. The average molecular weight is 358 g/mol. The minimum atomic E-state index is -0.684. The quantitative estimate of drug-likeness (QED) is 0.365. The van der Waals surface area contributed by atoms with Crippen molar-refractivity contribution in [3.63, 3.8) is 0 Å². The lowest BCUT2D eigenvalue weighted by molar-refractivity contribution is -0.157. The Morgan fingerprint density at radius 1 is 0.808 bits per heavy atom. The van der Waals surface area contributed by atoms with E-state index in [1.54, 1.807) is 0 Å². The van der Waals surface area contributed by atoms with E-state index < -0.39 is 22.8 Å². The molecule has 2 aliphatic carbocycles. The van der Waals surface area contributed by atoms with Gasteiger partial charge in [-0.1, -0.05) is 24.3 Å². The third-order valence-corrected chi connectivity index (χ3v) is 6.59. The van der Waals surface area contributed by atoms with Crippen LogP contribution in [0.3, 0.4) is 0 Å². The molecule has 6 atom stereocenters. The molecule has 0 aromatic heterocycles. The zero-order valence-corrected chi connectivity index (χ0v) is 14.0. The molecule has 26 heavy (non-hydrogen) atoms. The van der Waals surface area contributed by atoms with Crippen LogP contribution in [0.15, 0.2) is 24.3 Å². The van der Waals surface area contributed by atoms with E-state index in [1.807, 2.05) is 12.2 Å². The molecule has 0 N–H and O–H groups in total. The third kappa shape index (κ3) is 2.03. The van der Waals surface area contributed by atoms with E-state index in [1.165, 1.54) is 0 Å². The van der Waals surface area contributed by atoms with Gasteiger partial charge in [0.1, 0.15) is 5.41 Å². The molecule has 4 fully saturated rings. The number of ether oxygens (including phenoxy) is 3. The number of carbonyl (C=O) groups excluding carboxylic acids is 4. The van der Waals surface area contributed by atoms with E-state index >= 15 is 0 Å². The Bertz CT molecular complexity index is 730. The maximum atomic E-state index is 11.5. The van der Waals surface area contributed by atoms with Crippen molar-refractivity contribution in [2.24, 2.45) is 22.7 Å². The Hall–Kier alpha value is -2.28. The lowest BCUT2D eigenvalue weighted by Crippen LogP contribution is -2.34. The molecule has 1 saturated carbocycles. The van der Waals surface area contributed by atoms with Crippen LogP contribution in [0, 0.1) is 22.7 Å². The van der Waals surface area contributed by atoms with Crippen molar-refractivity contribution in [3.8, 4) is 0 Å². The van der Waals surface area contributed by atoms with Gasteiger partial charge in [0.2, 0.25) is 0 Å². The van der Waals surface area contributed by atoms with Gasteiger partial charge in [-0.3, -0.25) is 19.2 Å². The second kappa shape index (κ2) is 5.13. The van der Waals surface area contributed by atoms with Gasteiger partial charge in [-0.15, -0.1) is 0 Å². The van der Waals surface area contributed by atoms with E-state index in [0.29, 0.717) is 18.8 Å². The van der Waals surface area contributed by atoms with Gasteiger partial charge in [-0.25, -0.2) is 0 Å². The summed E-state index contributed by atoms with van der Waals surface area (Å²) < 4.78 is 14.7. The molecule has 4 bridgehead atoms. The zero-order valence-electron chi connectivity index (χ0n) is 14.0. The standard InChI is InChI=1S/C10H10O3.C9H8O4/c11-8-5-10(9(12)13-8)4-6-1-2-7(10)3-6;10-7-4-9(8(11)13-7)3-5-1-2-6(9)12-5/h1-2,6-7H,3-5H2;1-2,5-6H,3-4H2. The molecule has 136 valence electrons. The van der Waals surface area contributed by atoms with Crippen molar-refractivity contribution < 1.29 is 33.4 Å². The third-order valence-electron chi connectivity index (χ3n) is 6.59. The van der Waals surface area contributed by atoms with Crippen LogP contribution in [0.5, 0.6) is 0 Å². The Balaban J connectivity index is 0.000000115. The molecule has 7 heteroatoms. The highest BCUT2D eigenvalue weighted by Crippen LogP contribution is 2.56. The zero-order chi connectivity index (χ0) is 18.1. The number of carbonyl (C=O) groups is 4. The SMILES string of the molecule is O=C1CC2(CC3C=CC2C3)C(=O)O1.O=C1CC2(CC3C=CC2O3)C(=O)O1. The van der Waals surface area contributed by atoms with Crippen LogP contribution in [0.1, 0.15) is 32.1 Å². The van der Waals surface area contributed by atoms with Gasteiger partial charge in [0.05, 0.1) is 30.5 Å². The molecule has 4 heterocycles. The first-order chi connectivity index (χ1) is 12.4. The van der Waals surface area contributed by atoms with E-state index in [-0.39, 0.29) is 36.5 Å². The molecule has 0 amide bonds. The normalized spacial score (nSPS) is 46.5. The maximum Gasteiger partial charge on any atom is 0.323 e. The highest BCUT2D eigenvalue weighted by atomic mass is 16.6.